The Morgan fingerprint density at radius 2 is 2.05 bits per heavy atom. The van der Waals surface area contributed by atoms with Crippen LogP contribution in [0.15, 0.2) is 48.8 Å². The zero-order valence-electron chi connectivity index (χ0n) is 12.5. The first-order chi connectivity index (χ1) is 10.8. The number of rotatable bonds is 6. The van der Waals surface area contributed by atoms with E-state index in [1.807, 2.05) is 30.5 Å². The summed E-state index contributed by atoms with van der Waals surface area (Å²) in [7, 11) is 0. The summed E-state index contributed by atoms with van der Waals surface area (Å²) < 4.78 is 13.0. The average Bonchev–Trinajstić information content (AvgIpc) is 3.02. The highest BCUT2D eigenvalue weighted by Crippen LogP contribution is 2.20. The normalized spacial score (nSPS) is 17.7. The zero-order chi connectivity index (χ0) is 15.2. The lowest BCUT2D eigenvalue weighted by atomic mass is 10.2. The molecule has 0 aliphatic carbocycles. The highest BCUT2D eigenvalue weighted by molar-refractivity contribution is 5.47. The molecule has 0 radical (unpaired) electrons. The van der Waals surface area contributed by atoms with Gasteiger partial charge in [-0.3, -0.25) is 4.98 Å². The third-order valence-electron chi connectivity index (χ3n) is 3.93. The van der Waals surface area contributed by atoms with Crippen molar-refractivity contribution in [1.29, 1.82) is 0 Å². The van der Waals surface area contributed by atoms with E-state index >= 15 is 0 Å². The Morgan fingerprint density at radius 3 is 2.82 bits per heavy atom. The van der Waals surface area contributed by atoms with Gasteiger partial charge < -0.3 is 15.5 Å². The first-order valence-corrected chi connectivity index (χ1v) is 7.69. The second kappa shape index (κ2) is 7.22. The molecular weight excluding hydrogens is 279 g/mol. The Kier molecular flexibility index (Phi) is 4.85. The molecule has 22 heavy (non-hydrogen) atoms. The maximum Gasteiger partial charge on any atom is 0.123 e. The van der Waals surface area contributed by atoms with Crippen LogP contribution in [0.4, 0.5) is 15.8 Å². The van der Waals surface area contributed by atoms with Crippen LogP contribution >= 0.6 is 0 Å². The van der Waals surface area contributed by atoms with E-state index < -0.39 is 0 Å². The van der Waals surface area contributed by atoms with Crippen LogP contribution in [0.3, 0.4) is 0 Å². The second-order valence-electron chi connectivity index (χ2n) is 5.53. The molecule has 116 valence electrons. The molecule has 0 amide bonds. The smallest absolute Gasteiger partial charge is 0.123 e. The van der Waals surface area contributed by atoms with E-state index in [0.29, 0.717) is 6.04 Å². The number of hydrogen-bond acceptors (Lipinski definition) is 4. The summed E-state index contributed by atoms with van der Waals surface area (Å²) in [5.41, 5.74) is 2.14. The summed E-state index contributed by atoms with van der Waals surface area (Å²) in [6.07, 6.45) is 4.71. The van der Waals surface area contributed by atoms with Gasteiger partial charge in [0.15, 0.2) is 0 Å². The van der Waals surface area contributed by atoms with Gasteiger partial charge in [-0.15, -0.1) is 0 Å². The lowest BCUT2D eigenvalue weighted by Gasteiger charge is -2.19. The zero-order valence-corrected chi connectivity index (χ0v) is 12.5. The van der Waals surface area contributed by atoms with Crippen molar-refractivity contribution >= 4 is 11.4 Å². The fraction of sp³-hybridized carbons (Fsp3) is 0.353. The summed E-state index contributed by atoms with van der Waals surface area (Å²) in [5.74, 6) is -0.181. The van der Waals surface area contributed by atoms with E-state index in [1.54, 1.807) is 6.20 Å². The largest absolute Gasteiger partial charge is 0.383 e. The third-order valence-corrected chi connectivity index (χ3v) is 3.93. The SMILES string of the molecule is Fc1ccc(N2CC[C@H](NCCNc3cccnc3)C2)cc1. The highest BCUT2D eigenvalue weighted by Gasteiger charge is 2.21. The van der Waals surface area contributed by atoms with Gasteiger partial charge in [-0.1, -0.05) is 0 Å². The molecule has 1 fully saturated rings. The minimum absolute atomic E-state index is 0.181. The van der Waals surface area contributed by atoms with Crippen LogP contribution in [0.2, 0.25) is 0 Å². The monoisotopic (exact) mass is 300 g/mol. The molecule has 2 N–H and O–H groups in total. The topological polar surface area (TPSA) is 40.2 Å². The van der Waals surface area contributed by atoms with Crippen molar-refractivity contribution in [2.24, 2.45) is 0 Å². The molecule has 4 nitrogen and oxygen atoms in total. The Bertz CT molecular complexity index is 573. The van der Waals surface area contributed by atoms with Crippen molar-refractivity contribution < 1.29 is 4.39 Å². The molecule has 0 saturated carbocycles. The van der Waals surface area contributed by atoms with E-state index in [4.69, 9.17) is 0 Å². The average molecular weight is 300 g/mol. The second-order valence-corrected chi connectivity index (χ2v) is 5.53. The summed E-state index contributed by atoms with van der Waals surface area (Å²) in [6, 6.07) is 11.2. The van der Waals surface area contributed by atoms with Gasteiger partial charge in [0.2, 0.25) is 0 Å². The lowest BCUT2D eigenvalue weighted by Crippen LogP contribution is -2.35. The molecule has 1 saturated heterocycles. The standard InChI is InChI=1S/C17H21FN4/c18-14-3-5-17(6-4-14)22-11-7-16(13-22)21-10-9-20-15-2-1-8-19-12-15/h1-6,8,12,16,20-21H,7,9-11,13H2/t16-/m0/s1. The van der Waals surface area contributed by atoms with Crippen LogP contribution in [0.5, 0.6) is 0 Å². The summed E-state index contributed by atoms with van der Waals surface area (Å²) >= 11 is 0. The first-order valence-electron chi connectivity index (χ1n) is 7.69. The minimum atomic E-state index is -0.181. The van der Waals surface area contributed by atoms with Crippen LogP contribution in [-0.4, -0.2) is 37.2 Å². The number of hydrogen-bond donors (Lipinski definition) is 2. The van der Waals surface area contributed by atoms with Crippen LogP contribution in [-0.2, 0) is 0 Å². The Hall–Kier alpha value is -2.14. The maximum atomic E-state index is 13.0. The predicted molar refractivity (Wildman–Crippen MR) is 87.7 cm³/mol. The van der Waals surface area contributed by atoms with E-state index in [1.165, 1.54) is 12.1 Å². The van der Waals surface area contributed by atoms with Crippen molar-refractivity contribution in [2.45, 2.75) is 12.5 Å². The van der Waals surface area contributed by atoms with E-state index in [9.17, 15) is 4.39 Å². The van der Waals surface area contributed by atoms with E-state index in [-0.39, 0.29) is 5.82 Å². The Balaban J connectivity index is 1.39. The van der Waals surface area contributed by atoms with Gasteiger partial charge in [0.1, 0.15) is 5.82 Å². The van der Waals surface area contributed by atoms with Gasteiger partial charge in [-0.25, -0.2) is 4.39 Å². The van der Waals surface area contributed by atoms with Crippen molar-refractivity contribution in [3.8, 4) is 0 Å². The molecular formula is C17H21FN4. The summed E-state index contributed by atoms with van der Waals surface area (Å²) in [5, 5.41) is 6.90. The number of nitrogens with zero attached hydrogens (tertiary/aromatic N) is 2. The highest BCUT2D eigenvalue weighted by atomic mass is 19.1. The minimum Gasteiger partial charge on any atom is -0.383 e. The molecule has 0 spiro atoms. The molecule has 5 heteroatoms. The van der Waals surface area contributed by atoms with Gasteiger partial charge in [0, 0.05) is 50.3 Å². The fourth-order valence-electron chi connectivity index (χ4n) is 2.76. The molecule has 1 atom stereocenters. The lowest BCUT2D eigenvalue weighted by molar-refractivity contribution is 0.564. The predicted octanol–water partition coefficient (Wildman–Crippen LogP) is 2.50. The van der Waals surface area contributed by atoms with Crippen molar-refractivity contribution in [1.82, 2.24) is 10.3 Å². The molecule has 2 aromatic rings. The molecule has 2 heterocycles. The molecule has 1 aromatic carbocycles. The molecule has 3 rings (SSSR count). The number of halogens is 1. The first kappa shape index (κ1) is 14.8. The van der Waals surface area contributed by atoms with Gasteiger partial charge in [-0.2, -0.15) is 0 Å². The number of pyridine rings is 1. The maximum absolute atomic E-state index is 13.0. The van der Waals surface area contributed by atoms with Crippen molar-refractivity contribution in [2.75, 3.05) is 36.4 Å². The molecule has 0 bridgehead atoms. The van der Waals surface area contributed by atoms with E-state index in [2.05, 4.69) is 20.5 Å². The Morgan fingerprint density at radius 1 is 1.18 bits per heavy atom. The van der Waals surface area contributed by atoms with Crippen LogP contribution in [0.1, 0.15) is 6.42 Å². The number of anilines is 2. The number of nitrogens with one attached hydrogen (secondary N) is 2. The Labute approximate surface area is 130 Å². The molecule has 1 aromatic heterocycles. The van der Waals surface area contributed by atoms with Crippen LogP contribution in [0.25, 0.3) is 0 Å². The van der Waals surface area contributed by atoms with Crippen LogP contribution in [0, 0.1) is 5.82 Å². The summed E-state index contributed by atoms with van der Waals surface area (Å²) in [4.78, 5) is 6.37. The molecule has 1 aliphatic rings. The third kappa shape index (κ3) is 3.95. The van der Waals surface area contributed by atoms with Crippen molar-refractivity contribution in [3.05, 3.63) is 54.6 Å². The van der Waals surface area contributed by atoms with Crippen molar-refractivity contribution in [3.63, 3.8) is 0 Å². The molecule has 0 unspecified atom stereocenters. The number of benzene rings is 1. The van der Waals surface area contributed by atoms with Gasteiger partial charge in [-0.05, 0) is 42.8 Å². The van der Waals surface area contributed by atoms with E-state index in [0.717, 1.165) is 44.0 Å². The van der Waals surface area contributed by atoms with Gasteiger partial charge in [0.05, 0.1) is 5.69 Å². The summed E-state index contributed by atoms with van der Waals surface area (Å²) in [6.45, 7) is 3.77. The fourth-order valence-corrected chi connectivity index (χ4v) is 2.76. The quantitative estimate of drug-likeness (QED) is 0.804. The van der Waals surface area contributed by atoms with Gasteiger partial charge in [0.25, 0.3) is 0 Å². The molecule has 1 aliphatic heterocycles. The number of aromatic nitrogens is 1. The van der Waals surface area contributed by atoms with Gasteiger partial charge >= 0.3 is 0 Å². The van der Waals surface area contributed by atoms with Crippen LogP contribution < -0.4 is 15.5 Å².